The Morgan fingerprint density at radius 3 is 2.09 bits per heavy atom. The second-order valence-corrected chi connectivity index (χ2v) is 8.61. The topological polar surface area (TPSA) is 78.5 Å². The molecular formula is C25H19BrClN3O3. The Morgan fingerprint density at radius 1 is 0.879 bits per heavy atom. The lowest BCUT2D eigenvalue weighted by molar-refractivity contribution is -0.120. The molecule has 3 aromatic carbocycles. The fourth-order valence-electron chi connectivity index (χ4n) is 3.31. The maximum absolute atomic E-state index is 12.9. The van der Waals surface area contributed by atoms with Gasteiger partial charge in [-0.25, -0.2) is 4.90 Å². The lowest BCUT2D eigenvalue weighted by Gasteiger charge is -2.15. The number of rotatable bonds is 6. The fraction of sp³-hybridized carbons (Fsp3) is 0.0800. The predicted octanol–water partition coefficient (Wildman–Crippen LogP) is 5.70. The van der Waals surface area contributed by atoms with Crippen LogP contribution in [-0.4, -0.2) is 17.7 Å². The SMILES string of the molecule is CCc1ccc(N2C(=O)C(Cl)=C(Nc3ccc(C(=O)Nc4ccc(Br)cc4)cc3)C2=O)cc1. The summed E-state index contributed by atoms with van der Waals surface area (Å²) in [6.45, 7) is 2.03. The van der Waals surface area contributed by atoms with E-state index in [1.54, 1.807) is 48.5 Å². The van der Waals surface area contributed by atoms with Crippen molar-refractivity contribution in [2.24, 2.45) is 0 Å². The molecule has 1 aliphatic heterocycles. The maximum atomic E-state index is 12.9. The first-order valence-electron chi connectivity index (χ1n) is 10.2. The highest BCUT2D eigenvalue weighted by Gasteiger charge is 2.38. The van der Waals surface area contributed by atoms with E-state index >= 15 is 0 Å². The second kappa shape index (κ2) is 9.60. The molecule has 8 heteroatoms. The Bertz CT molecular complexity index is 1250. The van der Waals surface area contributed by atoms with E-state index in [9.17, 15) is 14.4 Å². The molecule has 0 bridgehead atoms. The average molecular weight is 525 g/mol. The number of amides is 3. The second-order valence-electron chi connectivity index (χ2n) is 7.32. The van der Waals surface area contributed by atoms with Crippen molar-refractivity contribution in [3.63, 3.8) is 0 Å². The van der Waals surface area contributed by atoms with Crippen LogP contribution in [0.15, 0.2) is 88.0 Å². The monoisotopic (exact) mass is 523 g/mol. The minimum absolute atomic E-state index is 0.00620. The van der Waals surface area contributed by atoms with Gasteiger partial charge >= 0.3 is 0 Å². The van der Waals surface area contributed by atoms with Gasteiger partial charge in [0.15, 0.2) is 0 Å². The number of aryl methyl sites for hydroxylation is 1. The zero-order valence-electron chi connectivity index (χ0n) is 17.6. The first-order valence-corrected chi connectivity index (χ1v) is 11.4. The van der Waals surface area contributed by atoms with Crippen LogP contribution in [-0.2, 0) is 16.0 Å². The van der Waals surface area contributed by atoms with E-state index in [0.29, 0.717) is 22.6 Å². The lowest BCUT2D eigenvalue weighted by atomic mass is 10.1. The zero-order chi connectivity index (χ0) is 23.5. The van der Waals surface area contributed by atoms with Crippen LogP contribution in [0.3, 0.4) is 0 Å². The number of nitrogens with zero attached hydrogens (tertiary/aromatic N) is 1. The Morgan fingerprint density at radius 2 is 1.48 bits per heavy atom. The Kier molecular flexibility index (Phi) is 6.62. The summed E-state index contributed by atoms with van der Waals surface area (Å²) in [5.74, 6) is -1.39. The summed E-state index contributed by atoms with van der Waals surface area (Å²) in [5, 5.41) is 5.54. The molecule has 0 spiro atoms. The summed E-state index contributed by atoms with van der Waals surface area (Å²) in [4.78, 5) is 39.1. The molecule has 0 saturated carbocycles. The molecule has 2 N–H and O–H groups in total. The van der Waals surface area contributed by atoms with Gasteiger partial charge in [-0.05, 0) is 72.6 Å². The summed E-state index contributed by atoms with van der Waals surface area (Å²) in [6, 6.07) is 21.0. The molecular weight excluding hydrogens is 506 g/mol. The van der Waals surface area contributed by atoms with Crippen molar-refractivity contribution in [1.82, 2.24) is 0 Å². The summed E-state index contributed by atoms with van der Waals surface area (Å²) in [7, 11) is 0. The highest BCUT2D eigenvalue weighted by molar-refractivity contribution is 9.10. The molecule has 0 atom stereocenters. The Labute approximate surface area is 204 Å². The number of carbonyl (C=O) groups is 3. The molecule has 3 aromatic rings. The van der Waals surface area contributed by atoms with Crippen LogP contribution in [0.4, 0.5) is 17.1 Å². The van der Waals surface area contributed by atoms with E-state index < -0.39 is 11.8 Å². The van der Waals surface area contributed by atoms with Gasteiger partial charge in [-0.2, -0.15) is 0 Å². The molecule has 1 heterocycles. The van der Waals surface area contributed by atoms with Gasteiger partial charge < -0.3 is 10.6 Å². The first kappa shape index (κ1) is 22.8. The van der Waals surface area contributed by atoms with E-state index in [1.807, 2.05) is 31.2 Å². The quantitative estimate of drug-likeness (QED) is 0.406. The number of hydrogen-bond acceptors (Lipinski definition) is 4. The number of imide groups is 1. The molecule has 1 aliphatic rings. The minimum atomic E-state index is -0.584. The normalized spacial score (nSPS) is 13.5. The number of carbonyl (C=O) groups excluding carboxylic acids is 3. The molecule has 0 aromatic heterocycles. The third-order valence-electron chi connectivity index (χ3n) is 5.15. The molecule has 166 valence electrons. The van der Waals surface area contributed by atoms with E-state index in [1.165, 1.54) is 0 Å². The van der Waals surface area contributed by atoms with Gasteiger partial charge in [-0.15, -0.1) is 0 Å². The van der Waals surface area contributed by atoms with Gasteiger partial charge in [0, 0.05) is 21.4 Å². The largest absolute Gasteiger partial charge is 0.350 e. The maximum Gasteiger partial charge on any atom is 0.283 e. The molecule has 0 saturated heterocycles. The van der Waals surface area contributed by atoms with Gasteiger partial charge in [-0.1, -0.05) is 46.6 Å². The Hall–Kier alpha value is -3.42. The van der Waals surface area contributed by atoms with Crippen molar-refractivity contribution >= 4 is 62.3 Å². The van der Waals surface area contributed by atoms with Crippen LogP contribution in [0.2, 0.25) is 0 Å². The van der Waals surface area contributed by atoms with Crippen molar-refractivity contribution in [2.45, 2.75) is 13.3 Å². The molecule has 6 nitrogen and oxygen atoms in total. The third kappa shape index (κ3) is 4.84. The van der Waals surface area contributed by atoms with Crippen LogP contribution in [0.5, 0.6) is 0 Å². The number of nitrogens with one attached hydrogen (secondary N) is 2. The zero-order valence-corrected chi connectivity index (χ0v) is 19.9. The van der Waals surface area contributed by atoms with Crippen molar-refractivity contribution in [3.8, 4) is 0 Å². The number of hydrogen-bond donors (Lipinski definition) is 2. The van der Waals surface area contributed by atoms with Gasteiger partial charge in [-0.3, -0.25) is 14.4 Å². The van der Waals surface area contributed by atoms with E-state index in [0.717, 1.165) is 21.4 Å². The minimum Gasteiger partial charge on any atom is -0.350 e. The van der Waals surface area contributed by atoms with Gasteiger partial charge in [0.1, 0.15) is 10.7 Å². The summed E-state index contributed by atoms with van der Waals surface area (Å²) in [5.41, 5.74) is 3.18. The molecule has 0 unspecified atom stereocenters. The van der Waals surface area contributed by atoms with Crippen molar-refractivity contribution in [3.05, 3.63) is 99.1 Å². The van der Waals surface area contributed by atoms with Crippen molar-refractivity contribution in [2.75, 3.05) is 15.5 Å². The van der Waals surface area contributed by atoms with Crippen LogP contribution in [0.25, 0.3) is 0 Å². The highest BCUT2D eigenvalue weighted by atomic mass is 79.9. The smallest absolute Gasteiger partial charge is 0.283 e. The van der Waals surface area contributed by atoms with Crippen LogP contribution >= 0.6 is 27.5 Å². The standard InChI is InChI=1S/C25H19BrClN3O3/c1-2-15-3-13-20(14-4-15)30-24(32)21(27)22(25(30)33)28-18-9-5-16(6-10-18)23(31)29-19-11-7-17(26)8-12-19/h3-14,28H,2H2,1H3,(H,29,31). The van der Waals surface area contributed by atoms with Crippen molar-refractivity contribution in [1.29, 1.82) is 0 Å². The van der Waals surface area contributed by atoms with Crippen LogP contribution in [0.1, 0.15) is 22.8 Å². The number of halogens is 2. The average Bonchev–Trinajstić information content (AvgIpc) is 3.04. The highest BCUT2D eigenvalue weighted by Crippen LogP contribution is 2.30. The number of anilines is 3. The van der Waals surface area contributed by atoms with E-state index in [2.05, 4.69) is 26.6 Å². The molecule has 3 amide bonds. The predicted molar refractivity (Wildman–Crippen MR) is 133 cm³/mol. The molecule has 4 rings (SSSR count). The molecule has 0 fully saturated rings. The fourth-order valence-corrected chi connectivity index (χ4v) is 3.79. The van der Waals surface area contributed by atoms with Crippen molar-refractivity contribution < 1.29 is 14.4 Å². The van der Waals surface area contributed by atoms with E-state index in [4.69, 9.17) is 11.6 Å². The third-order valence-corrected chi connectivity index (χ3v) is 6.03. The number of benzene rings is 3. The summed E-state index contributed by atoms with van der Waals surface area (Å²) >= 11 is 9.55. The first-order chi connectivity index (χ1) is 15.9. The molecule has 0 radical (unpaired) electrons. The lowest BCUT2D eigenvalue weighted by Crippen LogP contribution is -2.32. The summed E-state index contributed by atoms with van der Waals surface area (Å²) < 4.78 is 0.917. The van der Waals surface area contributed by atoms with Gasteiger partial charge in [0.05, 0.1) is 5.69 Å². The molecule has 0 aliphatic carbocycles. The Balaban J connectivity index is 1.46. The molecule has 33 heavy (non-hydrogen) atoms. The summed E-state index contributed by atoms with van der Waals surface area (Å²) in [6.07, 6.45) is 0.852. The van der Waals surface area contributed by atoms with E-state index in [-0.39, 0.29) is 16.6 Å². The van der Waals surface area contributed by atoms with Gasteiger partial charge in [0.2, 0.25) is 0 Å². The van der Waals surface area contributed by atoms with Crippen LogP contribution < -0.4 is 15.5 Å². The van der Waals surface area contributed by atoms with Gasteiger partial charge in [0.25, 0.3) is 17.7 Å². The van der Waals surface area contributed by atoms with Crippen LogP contribution in [0, 0.1) is 0 Å².